The minimum Gasteiger partial charge on any atom is -0.480 e. The van der Waals surface area contributed by atoms with E-state index in [0.29, 0.717) is 5.75 Å². The quantitative estimate of drug-likeness (QED) is 0.694. The van der Waals surface area contributed by atoms with Crippen molar-refractivity contribution >= 4 is 23.6 Å². The van der Waals surface area contributed by atoms with Crippen molar-refractivity contribution in [1.29, 1.82) is 0 Å². The van der Waals surface area contributed by atoms with Gasteiger partial charge in [0.1, 0.15) is 19.3 Å². The summed E-state index contributed by atoms with van der Waals surface area (Å²) in [5.41, 5.74) is 0. The maximum absolute atomic E-state index is 11.7. The summed E-state index contributed by atoms with van der Waals surface area (Å²) in [7, 11) is 0. The summed E-state index contributed by atoms with van der Waals surface area (Å²) >= 11 is 1.40. The van der Waals surface area contributed by atoms with Crippen LogP contribution < -0.4 is 5.32 Å². The van der Waals surface area contributed by atoms with Crippen LogP contribution in [0.15, 0.2) is 0 Å². The molecule has 18 heavy (non-hydrogen) atoms. The highest BCUT2D eigenvalue weighted by Gasteiger charge is 2.28. The first-order valence-corrected chi connectivity index (χ1v) is 6.31. The van der Waals surface area contributed by atoms with E-state index < -0.39 is 37.3 Å². The maximum atomic E-state index is 11.7. The number of ether oxygens (including phenoxy) is 1. The number of hydrogen-bond acceptors (Lipinski definition) is 4. The summed E-state index contributed by atoms with van der Waals surface area (Å²) in [5, 5.41) is 10.9. The average Bonchev–Trinajstić information content (AvgIpc) is 2.21. The number of hydrogen-bond donors (Lipinski definition) is 2. The number of aliphatic carboxylic acids is 1. The molecule has 0 saturated carbocycles. The van der Waals surface area contributed by atoms with Crippen LogP contribution in [-0.4, -0.2) is 54.4 Å². The molecule has 0 bridgehead atoms. The Hall–Kier alpha value is -0.960. The van der Waals surface area contributed by atoms with Crippen LogP contribution in [0.1, 0.15) is 6.42 Å². The topological polar surface area (TPSA) is 75.6 Å². The summed E-state index contributed by atoms with van der Waals surface area (Å²) in [6.07, 6.45) is -2.54. The first-order chi connectivity index (χ1) is 8.26. The highest BCUT2D eigenvalue weighted by atomic mass is 32.2. The molecule has 1 unspecified atom stereocenters. The molecule has 0 aromatic rings. The molecule has 0 aliphatic carbocycles. The third-order valence-corrected chi connectivity index (χ3v) is 2.39. The van der Waals surface area contributed by atoms with Crippen molar-refractivity contribution in [3.63, 3.8) is 0 Å². The van der Waals surface area contributed by atoms with Gasteiger partial charge >= 0.3 is 12.1 Å². The fourth-order valence-electron chi connectivity index (χ4n) is 0.989. The predicted octanol–water partition coefficient (Wildman–Crippen LogP) is 0.888. The van der Waals surface area contributed by atoms with Gasteiger partial charge in [-0.3, -0.25) is 4.79 Å². The normalized spacial score (nSPS) is 13.1. The molecule has 0 aromatic heterocycles. The minimum atomic E-state index is -4.51. The Labute approximate surface area is 106 Å². The van der Waals surface area contributed by atoms with Gasteiger partial charge in [-0.15, -0.1) is 0 Å². The van der Waals surface area contributed by atoms with Crippen molar-refractivity contribution in [2.24, 2.45) is 0 Å². The van der Waals surface area contributed by atoms with Crippen molar-refractivity contribution in [2.75, 3.05) is 25.2 Å². The van der Waals surface area contributed by atoms with Gasteiger partial charge in [0.2, 0.25) is 5.91 Å². The summed E-state index contributed by atoms with van der Waals surface area (Å²) in [5.74, 6) is -1.60. The lowest BCUT2D eigenvalue weighted by Gasteiger charge is -2.14. The molecule has 0 aliphatic rings. The van der Waals surface area contributed by atoms with Crippen LogP contribution in [0.25, 0.3) is 0 Å². The smallest absolute Gasteiger partial charge is 0.411 e. The van der Waals surface area contributed by atoms with Crippen molar-refractivity contribution < 1.29 is 32.6 Å². The number of rotatable bonds is 8. The van der Waals surface area contributed by atoms with Crippen LogP contribution in [0.4, 0.5) is 13.2 Å². The Kier molecular flexibility index (Phi) is 7.76. The number of carbonyl (C=O) groups is 2. The molecule has 0 saturated heterocycles. The zero-order valence-electron chi connectivity index (χ0n) is 9.62. The largest absolute Gasteiger partial charge is 0.480 e. The Morgan fingerprint density at radius 1 is 1.44 bits per heavy atom. The molecule has 106 valence electrons. The molecule has 0 spiro atoms. The molecule has 1 amide bonds. The summed E-state index contributed by atoms with van der Waals surface area (Å²) in [4.78, 5) is 21.9. The summed E-state index contributed by atoms with van der Waals surface area (Å²) in [6, 6.07) is -1.11. The predicted molar refractivity (Wildman–Crippen MR) is 59.4 cm³/mol. The third-order valence-electron chi connectivity index (χ3n) is 1.74. The first-order valence-electron chi connectivity index (χ1n) is 4.92. The van der Waals surface area contributed by atoms with E-state index in [9.17, 15) is 22.8 Å². The number of carboxylic acids is 1. The SMILES string of the molecule is CSCCC(NC(=O)COCC(F)(F)F)C(=O)O. The molecule has 1 atom stereocenters. The van der Waals surface area contributed by atoms with E-state index in [4.69, 9.17) is 5.11 Å². The number of nitrogens with one attached hydrogen (secondary N) is 1. The van der Waals surface area contributed by atoms with Gasteiger partial charge in [-0.25, -0.2) is 4.79 Å². The van der Waals surface area contributed by atoms with E-state index in [1.807, 2.05) is 0 Å². The Balaban J connectivity index is 3.99. The fraction of sp³-hybridized carbons (Fsp3) is 0.778. The molecule has 0 rings (SSSR count). The second-order valence-electron chi connectivity index (χ2n) is 3.35. The zero-order valence-corrected chi connectivity index (χ0v) is 10.4. The average molecular weight is 289 g/mol. The van der Waals surface area contributed by atoms with Gasteiger partial charge in [0.05, 0.1) is 0 Å². The van der Waals surface area contributed by atoms with Crippen LogP contribution in [0.3, 0.4) is 0 Å². The summed E-state index contributed by atoms with van der Waals surface area (Å²) in [6.45, 7) is -2.36. The second-order valence-corrected chi connectivity index (χ2v) is 4.33. The molecule has 0 heterocycles. The van der Waals surface area contributed by atoms with Crippen molar-refractivity contribution in [1.82, 2.24) is 5.32 Å². The van der Waals surface area contributed by atoms with Gasteiger partial charge < -0.3 is 15.2 Å². The van der Waals surface area contributed by atoms with Crippen LogP contribution in [-0.2, 0) is 14.3 Å². The van der Waals surface area contributed by atoms with E-state index in [2.05, 4.69) is 10.1 Å². The van der Waals surface area contributed by atoms with Crippen LogP contribution in [0, 0.1) is 0 Å². The molecule has 2 N–H and O–H groups in total. The summed E-state index contributed by atoms with van der Waals surface area (Å²) < 4.78 is 39.2. The van der Waals surface area contributed by atoms with Gasteiger partial charge in [-0.2, -0.15) is 24.9 Å². The second kappa shape index (κ2) is 8.20. The lowest BCUT2D eigenvalue weighted by Crippen LogP contribution is -2.43. The van der Waals surface area contributed by atoms with Gasteiger partial charge in [-0.05, 0) is 18.4 Å². The lowest BCUT2D eigenvalue weighted by atomic mass is 10.2. The zero-order chi connectivity index (χ0) is 14.2. The Bertz CT molecular complexity index is 285. The molecule has 0 aromatic carbocycles. The van der Waals surface area contributed by atoms with Crippen molar-refractivity contribution in [2.45, 2.75) is 18.6 Å². The molecular weight excluding hydrogens is 275 g/mol. The Morgan fingerprint density at radius 2 is 2.06 bits per heavy atom. The number of carboxylic acid groups (broad SMARTS) is 1. The van der Waals surface area contributed by atoms with Gasteiger partial charge in [0.15, 0.2) is 0 Å². The van der Waals surface area contributed by atoms with E-state index >= 15 is 0 Å². The molecule has 0 aliphatic heterocycles. The molecule has 0 radical (unpaired) electrons. The number of amides is 1. The van der Waals surface area contributed by atoms with E-state index in [0.717, 1.165) is 0 Å². The van der Waals surface area contributed by atoms with Crippen LogP contribution in [0.5, 0.6) is 0 Å². The monoisotopic (exact) mass is 289 g/mol. The van der Waals surface area contributed by atoms with Crippen LogP contribution >= 0.6 is 11.8 Å². The number of halogens is 3. The fourth-order valence-corrected chi connectivity index (χ4v) is 1.46. The molecule has 5 nitrogen and oxygen atoms in total. The standard InChI is InChI=1S/C9H14F3NO4S/c1-18-3-2-6(8(15)16)13-7(14)4-17-5-9(10,11)12/h6H,2-5H2,1H3,(H,13,14)(H,15,16). The highest BCUT2D eigenvalue weighted by molar-refractivity contribution is 7.98. The van der Waals surface area contributed by atoms with Gasteiger partial charge in [0, 0.05) is 0 Å². The van der Waals surface area contributed by atoms with E-state index in [1.54, 1.807) is 6.26 Å². The van der Waals surface area contributed by atoms with Gasteiger partial charge in [0.25, 0.3) is 0 Å². The molecule has 9 heteroatoms. The van der Waals surface area contributed by atoms with Crippen molar-refractivity contribution in [3.8, 4) is 0 Å². The third kappa shape index (κ3) is 9.11. The minimum absolute atomic E-state index is 0.196. The Morgan fingerprint density at radius 3 is 2.50 bits per heavy atom. The number of thioether (sulfide) groups is 1. The first kappa shape index (κ1) is 17.0. The highest BCUT2D eigenvalue weighted by Crippen LogP contribution is 2.14. The maximum Gasteiger partial charge on any atom is 0.411 e. The van der Waals surface area contributed by atoms with Crippen molar-refractivity contribution in [3.05, 3.63) is 0 Å². The number of carbonyl (C=O) groups excluding carboxylic acids is 1. The number of alkyl halides is 3. The lowest BCUT2D eigenvalue weighted by molar-refractivity contribution is -0.176. The molecule has 0 fully saturated rings. The van der Waals surface area contributed by atoms with Crippen LogP contribution in [0.2, 0.25) is 0 Å². The van der Waals surface area contributed by atoms with E-state index in [-0.39, 0.29) is 6.42 Å². The van der Waals surface area contributed by atoms with E-state index in [1.165, 1.54) is 11.8 Å². The molecular formula is C9H14F3NO4S. The van der Waals surface area contributed by atoms with Gasteiger partial charge in [-0.1, -0.05) is 0 Å².